The lowest BCUT2D eigenvalue weighted by Gasteiger charge is -2.32. The van der Waals surface area contributed by atoms with Crippen molar-refractivity contribution >= 4 is 0 Å². The molecular formula is C12H14F3NO. The van der Waals surface area contributed by atoms with E-state index < -0.39 is 11.7 Å². The molecule has 0 spiro atoms. The van der Waals surface area contributed by atoms with Gasteiger partial charge in [0, 0.05) is 0 Å². The van der Waals surface area contributed by atoms with Gasteiger partial charge in [-0.15, -0.1) is 0 Å². The zero-order valence-electron chi connectivity index (χ0n) is 9.47. The predicted molar refractivity (Wildman–Crippen MR) is 58.0 cm³/mol. The molecule has 1 saturated heterocycles. The minimum atomic E-state index is -4.28. The zero-order valence-corrected chi connectivity index (χ0v) is 9.47. The maximum Gasteiger partial charge on any atom is 0.410 e. The Balaban J connectivity index is 2.39. The first-order chi connectivity index (χ1) is 7.99. The molecule has 94 valence electrons. The third-order valence-corrected chi connectivity index (χ3v) is 3.22. The summed E-state index contributed by atoms with van der Waals surface area (Å²) in [7, 11) is 1.49. The monoisotopic (exact) mass is 245 g/mol. The zero-order chi connectivity index (χ0) is 12.5. The lowest BCUT2D eigenvalue weighted by molar-refractivity contribution is -0.196. The number of benzene rings is 1. The van der Waals surface area contributed by atoms with Crippen molar-refractivity contribution in [3.8, 4) is 5.75 Å². The van der Waals surface area contributed by atoms with Crippen LogP contribution in [0.15, 0.2) is 24.3 Å². The summed E-state index contributed by atoms with van der Waals surface area (Å²) in [6.07, 6.45) is -3.66. The quantitative estimate of drug-likeness (QED) is 0.865. The fourth-order valence-electron chi connectivity index (χ4n) is 2.27. The highest BCUT2D eigenvalue weighted by atomic mass is 19.4. The van der Waals surface area contributed by atoms with E-state index in [1.165, 1.54) is 19.2 Å². The Bertz CT molecular complexity index is 380. The summed E-state index contributed by atoms with van der Waals surface area (Å²) >= 11 is 0. The summed E-state index contributed by atoms with van der Waals surface area (Å²) in [5.41, 5.74) is -1.64. The molecule has 2 rings (SSSR count). The van der Waals surface area contributed by atoms with Crippen LogP contribution in [0.4, 0.5) is 13.2 Å². The van der Waals surface area contributed by atoms with Crippen LogP contribution in [0.2, 0.25) is 0 Å². The molecule has 2 nitrogen and oxygen atoms in total. The van der Waals surface area contributed by atoms with Crippen LogP contribution in [0.3, 0.4) is 0 Å². The molecule has 1 aliphatic rings. The normalized spacial score (nSPS) is 24.9. The molecule has 0 bridgehead atoms. The molecule has 0 amide bonds. The summed E-state index contributed by atoms with van der Waals surface area (Å²) in [5.74, 6) is 0.559. The Hall–Kier alpha value is -1.23. The van der Waals surface area contributed by atoms with Gasteiger partial charge in [-0.1, -0.05) is 12.1 Å². The van der Waals surface area contributed by atoms with Crippen LogP contribution >= 0.6 is 0 Å². The van der Waals surface area contributed by atoms with Gasteiger partial charge in [-0.2, -0.15) is 13.2 Å². The van der Waals surface area contributed by atoms with Gasteiger partial charge >= 0.3 is 6.18 Å². The summed E-state index contributed by atoms with van der Waals surface area (Å²) in [6.45, 7) is 0.394. The van der Waals surface area contributed by atoms with Crippen LogP contribution in [-0.4, -0.2) is 19.8 Å². The highest BCUT2D eigenvalue weighted by Crippen LogP contribution is 2.45. The molecule has 1 atom stereocenters. The molecule has 1 heterocycles. The van der Waals surface area contributed by atoms with E-state index in [1.807, 2.05) is 0 Å². The minimum Gasteiger partial charge on any atom is -0.497 e. The second-order valence-electron chi connectivity index (χ2n) is 4.16. The SMILES string of the molecule is COc1ccc(C2(C(F)(F)F)CCCN2)cc1. The lowest BCUT2D eigenvalue weighted by Crippen LogP contribution is -2.49. The average molecular weight is 245 g/mol. The van der Waals surface area contributed by atoms with E-state index in [2.05, 4.69) is 5.32 Å². The molecule has 0 saturated carbocycles. The number of hydrogen-bond donors (Lipinski definition) is 1. The Morgan fingerprint density at radius 2 is 1.88 bits per heavy atom. The average Bonchev–Trinajstić information content (AvgIpc) is 2.79. The molecular weight excluding hydrogens is 231 g/mol. The van der Waals surface area contributed by atoms with Crippen molar-refractivity contribution in [1.29, 1.82) is 0 Å². The van der Waals surface area contributed by atoms with Crippen molar-refractivity contribution in [3.05, 3.63) is 29.8 Å². The number of alkyl halides is 3. The van der Waals surface area contributed by atoms with Crippen LogP contribution < -0.4 is 10.1 Å². The first-order valence-corrected chi connectivity index (χ1v) is 5.46. The molecule has 1 aliphatic heterocycles. The molecule has 1 aromatic rings. The molecule has 0 aliphatic carbocycles. The lowest BCUT2D eigenvalue weighted by atomic mass is 9.87. The maximum absolute atomic E-state index is 13.2. The Morgan fingerprint density at radius 3 is 2.29 bits per heavy atom. The molecule has 1 aromatic carbocycles. The van der Waals surface area contributed by atoms with Gasteiger partial charge < -0.3 is 4.74 Å². The highest BCUT2D eigenvalue weighted by Gasteiger charge is 2.57. The minimum absolute atomic E-state index is 0.0861. The summed E-state index contributed by atoms with van der Waals surface area (Å²) in [6, 6.07) is 6.07. The van der Waals surface area contributed by atoms with E-state index in [-0.39, 0.29) is 12.0 Å². The van der Waals surface area contributed by atoms with Gasteiger partial charge in [0.2, 0.25) is 0 Å². The third-order valence-electron chi connectivity index (χ3n) is 3.22. The van der Waals surface area contributed by atoms with Gasteiger partial charge in [-0.05, 0) is 37.1 Å². The van der Waals surface area contributed by atoms with Crippen LogP contribution in [0.5, 0.6) is 5.75 Å². The van der Waals surface area contributed by atoms with E-state index in [1.54, 1.807) is 12.1 Å². The van der Waals surface area contributed by atoms with Crippen LogP contribution in [0.1, 0.15) is 18.4 Å². The van der Waals surface area contributed by atoms with Gasteiger partial charge in [-0.3, -0.25) is 5.32 Å². The van der Waals surface area contributed by atoms with Crippen molar-refractivity contribution in [1.82, 2.24) is 5.32 Å². The van der Waals surface area contributed by atoms with Gasteiger partial charge in [-0.25, -0.2) is 0 Å². The number of methoxy groups -OCH3 is 1. The van der Waals surface area contributed by atoms with Crippen LogP contribution in [0.25, 0.3) is 0 Å². The molecule has 0 radical (unpaired) electrons. The Kier molecular flexibility index (Phi) is 3.03. The maximum atomic E-state index is 13.2. The Morgan fingerprint density at radius 1 is 1.24 bits per heavy atom. The molecule has 0 aromatic heterocycles. The van der Waals surface area contributed by atoms with Gasteiger partial charge in [0.15, 0.2) is 0 Å². The van der Waals surface area contributed by atoms with Crippen LogP contribution in [0, 0.1) is 0 Å². The number of nitrogens with one attached hydrogen (secondary N) is 1. The molecule has 1 unspecified atom stereocenters. The van der Waals surface area contributed by atoms with Crippen LogP contribution in [-0.2, 0) is 5.54 Å². The number of rotatable bonds is 2. The third kappa shape index (κ3) is 1.99. The van der Waals surface area contributed by atoms with Crippen molar-refractivity contribution in [2.24, 2.45) is 0 Å². The largest absolute Gasteiger partial charge is 0.497 e. The van der Waals surface area contributed by atoms with Crippen molar-refractivity contribution in [2.45, 2.75) is 24.6 Å². The van der Waals surface area contributed by atoms with Gasteiger partial charge in [0.05, 0.1) is 7.11 Å². The van der Waals surface area contributed by atoms with Crippen molar-refractivity contribution in [2.75, 3.05) is 13.7 Å². The topological polar surface area (TPSA) is 21.3 Å². The standard InChI is InChI=1S/C12H14F3NO/c1-17-10-5-3-9(4-6-10)11(12(13,14)15)7-2-8-16-11/h3-6,16H,2,7-8H2,1H3. The summed E-state index contributed by atoms with van der Waals surface area (Å²) in [4.78, 5) is 0. The Labute approximate surface area is 97.8 Å². The smallest absolute Gasteiger partial charge is 0.410 e. The van der Waals surface area contributed by atoms with E-state index >= 15 is 0 Å². The second-order valence-corrected chi connectivity index (χ2v) is 4.16. The molecule has 1 fully saturated rings. The number of halogens is 3. The fourth-order valence-corrected chi connectivity index (χ4v) is 2.27. The highest BCUT2D eigenvalue weighted by molar-refractivity contribution is 5.34. The first kappa shape index (κ1) is 12.2. The number of hydrogen-bond acceptors (Lipinski definition) is 2. The molecule has 5 heteroatoms. The second kappa shape index (κ2) is 4.22. The van der Waals surface area contributed by atoms with E-state index in [4.69, 9.17) is 4.74 Å². The molecule has 1 N–H and O–H groups in total. The van der Waals surface area contributed by atoms with Crippen molar-refractivity contribution in [3.63, 3.8) is 0 Å². The predicted octanol–water partition coefficient (Wildman–Crippen LogP) is 2.84. The van der Waals surface area contributed by atoms with E-state index in [0.29, 0.717) is 18.7 Å². The summed E-state index contributed by atoms with van der Waals surface area (Å²) in [5, 5.41) is 2.60. The van der Waals surface area contributed by atoms with E-state index in [9.17, 15) is 13.2 Å². The van der Waals surface area contributed by atoms with Crippen molar-refractivity contribution < 1.29 is 17.9 Å². The molecule has 17 heavy (non-hydrogen) atoms. The first-order valence-electron chi connectivity index (χ1n) is 5.46. The fraction of sp³-hybridized carbons (Fsp3) is 0.500. The van der Waals surface area contributed by atoms with Gasteiger partial charge in [0.25, 0.3) is 0 Å². The van der Waals surface area contributed by atoms with Gasteiger partial charge in [0.1, 0.15) is 11.3 Å². The summed E-state index contributed by atoms with van der Waals surface area (Å²) < 4.78 is 44.5. The number of ether oxygens (including phenoxy) is 1. The van der Waals surface area contributed by atoms with E-state index in [0.717, 1.165) is 0 Å².